The van der Waals surface area contributed by atoms with Gasteiger partial charge in [-0.15, -0.1) is 0 Å². The number of allylic oxidation sites excluding steroid dienone is 2. The molecular formula is C34H35N5O3. The first kappa shape index (κ1) is 28.5. The molecule has 0 aromatic heterocycles. The van der Waals surface area contributed by atoms with Crippen molar-refractivity contribution in [3.8, 4) is 0 Å². The van der Waals surface area contributed by atoms with Gasteiger partial charge in [0, 0.05) is 67.0 Å². The molecule has 0 atom stereocenters. The van der Waals surface area contributed by atoms with Gasteiger partial charge in [-0.3, -0.25) is 14.4 Å². The standard InChI is InChI=1S/C34H35N5O3/c1-35-37-33(30-7-5-4-6-27(30)22-40)25-10-8-23(9-11-25)20-32(41)39-19-18-24-12-15-28(21-31(24)39)36-34(42)26-13-16-29(17-14-26)38(2)3/h4-11,13-14,16-17,21-22,35H,12,15,18-20H2,1-3H3,(H,36,42)/b37-33-. The zero-order valence-corrected chi connectivity index (χ0v) is 24.2. The van der Waals surface area contributed by atoms with E-state index in [2.05, 4.69) is 15.8 Å². The average Bonchev–Trinajstić information content (AvgIpc) is 3.44. The molecule has 8 heteroatoms. The lowest BCUT2D eigenvalue weighted by atomic mass is 9.97. The van der Waals surface area contributed by atoms with E-state index in [9.17, 15) is 14.4 Å². The monoisotopic (exact) mass is 561 g/mol. The van der Waals surface area contributed by atoms with Gasteiger partial charge in [-0.25, -0.2) is 0 Å². The highest BCUT2D eigenvalue weighted by molar-refractivity contribution is 6.16. The van der Waals surface area contributed by atoms with Crippen molar-refractivity contribution >= 4 is 29.5 Å². The lowest BCUT2D eigenvalue weighted by Crippen LogP contribution is -2.30. The number of hydrogen-bond acceptors (Lipinski definition) is 6. The molecule has 5 rings (SSSR count). The molecule has 0 saturated heterocycles. The highest BCUT2D eigenvalue weighted by atomic mass is 16.2. The fourth-order valence-corrected chi connectivity index (χ4v) is 5.39. The van der Waals surface area contributed by atoms with Gasteiger partial charge in [-0.05, 0) is 60.7 Å². The maximum atomic E-state index is 13.4. The molecule has 0 spiro atoms. The van der Waals surface area contributed by atoms with Crippen LogP contribution in [0.2, 0.25) is 0 Å². The number of anilines is 1. The van der Waals surface area contributed by atoms with Gasteiger partial charge in [0.1, 0.15) is 0 Å². The summed E-state index contributed by atoms with van der Waals surface area (Å²) in [6.45, 7) is 0.646. The first-order chi connectivity index (χ1) is 20.4. The van der Waals surface area contributed by atoms with Crippen molar-refractivity contribution in [3.63, 3.8) is 0 Å². The van der Waals surface area contributed by atoms with E-state index in [1.165, 1.54) is 5.57 Å². The first-order valence-corrected chi connectivity index (χ1v) is 14.1. The van der Waals surface area contributed by atoms with Crippen LogP contribution >= 0.6 is 0 Å². The summed E-state index contributed by atoms with van der Waals surface area (Å²) in [7, 11) is 5.64. The Hall–Kier alpha value is -4.98. The van der Waals surface area contributed by atoms with Crippen molar-refractivity contribution in [3.05, 3.63) is 124 Å². The predicted octanol–water partition coefficient (Wildman–Crippen LogP) is 4.67. The number of hydrogen-bond donors (Lipinski definition) is 2. The molecule has 1 aliphatic heterocycles. The smallest absolute Gasteiger partial charge is 0.255 e. The number of nitrogens with zero attached hydrogens (tertiary/aromatic N) is 3. The second-order valence-corrected chi connectivity index (χ2v) is 10.6. The zero-order valence-electron chi connectivity index (χ0n) is 24.2. The maximum absolute atomic E-state index is 13.4. The Kier molecular flexibility index (Phi) is 8.62. The van der Waals surface area contributed by atoms with E-state index in [0.29, 0.717) is 23.4 Å². The summed E-state index contributed by atoms with van der Waals surface area (Å²) in [5.41, 5.74) is 11.1. The Balaban J connectivity index is 1.27. The van der Waals surface area contributed by atoms with Crippen LogP contribution in [0.25, 0.3) is 0 Å². The van der Waals surface area contributed by atoms with Gasteiger partial charge in [0.25, 0.3) is 5.91 Å². The molecule has 1 aliphatic carbocycles. The van der Waals surface area contributed by atoms with Crippen LogP contribution in [0, 0.1) is 0 Å². The molecule has 2 aliphatic rings. The molecule has 0 bridgehead atoms. The minimum absolute atomic E-state index is 0.0197. The van der Waals surface area contributed by atoms with Crippen LogP contribution in [0.3, 0.4) is 0 Å². The number of aldehydes is 1. The van der Waals surface area contributed by atoms with Crippen molar-refractivity contribution in [2.24, 2.45) is 5.10 Å². The van der Waals surface area contributed by atoms with Gasteiger partial charge in [0.2, 0.25) is 5.91 Å². The largest absolute Gasteiger partial charge is 0.378 e. The van der Waals surface area contributed by atoms with Gasteiger partial charge in [0.15, 0.2) is 6.29 Å². The number of carbonyl (C=O) groups is 3. The second-order valence-electron chi connectivity index (χ2n) is 10.6. The maximum Gasteiger partial charge on any atom is 0.255 e. The van der Waals surface area contributed by atoms with E-state index in [4.69, 9.17) is 0 Å². The van der Waals surface area contributed by atoms with Gasteiger partial charge in [-0.1, -0.05) is 48.5 Å². The van der Waals surface area contributed by atoms with Crippen LogP contribution in [0.1, 0.15) is 56.7 Å². The molecular weight excluding hydrogens is 526 g/mol. The van der Waals surface area contributed by atoms with Crippen LogP contribution in [0.15, 0.2) is 101 Å². The van der Waals surface area contributed by atoms with E-state index in [0.717, 1.165) is 59.3 Å². The highest BCUT2D eigenvalue weighted by Crippen LogP contribution is 2.33. The number of carbonyl (C=O) groups excluding carboxylic acids is 3. The number of nitrogens with one attached hydrogen (secondary N) is 2. The van der Waals surface area contributed by atoms with Gasteiger partial charge in [0.05, 0.1) is 12.1 Å². The van der Waals surface area contributed by atoms with E-state index in [-0.39, 0.29) is 18.2 Å². The summed E-state index contributed by atoms with van der Waals surface area (Å²) >= 11 is 0. The second kappa shape index (κ2) is 12.7. The van der Waals surface area contributed by atoms with E-state index in [1.54, 1.807) is 13.1 Å². The van der Waals surface area contributed by atoms with E-state index in [1.807, 2.05) is 96.7 Å². The molecule has 2 amide bonds. The molecule has 0 fully saturated rings. The summed E-state index contributed by atoms with van der Waals surface area (Å²) in [4.78, 5) is 41.7. The Morgan fingerprint density at radius 3 is 2.33 bits per heavy atom. The number of hydrazone groups is 1. The topological polar surface area (TPSA) is 94.1 Å². The van der Waals surface area contributed by atoms with Gasteiger partial charge < -0.3 is 20.5 Å². The fraction of sp³-hybridized carbons (Fsp3) is 0.235. The Morgan fingerprint density at radius 2 is 1.64 bits per heavy atom. The molecule has 2 N–H and O–H groups in total. The number of benzene rings is 3. The summed E-state index contributed by atoms with van der Waals surface area (Å²) in [5.74, 6) is -0.130. The van der Waals surface area contributed by atoms with E-state index < -0.39 is 0 Å². The lowest BCUT2D eigenvalue weighted by Gasteiger charge is -2.23. The van der Waals surface area contributed by atoms with E-state index >= 15 is 0 Å². The molecule has 0 unspecified atom stereocenters. The summed E-state index contributed by atoms with van der Waals surface area (Å²) in [6, 6.07) is 22.5. The fourth-order valence-electron chi connectivity index (χ4n) is 5.39. The van der Waals surface area contributed by atoms with Crippen molar-refractivity contribution in [1.29, 1.82) is 0 Å². The van der Waals surface area contributed by atoms with Crippen molar-refractivity contribution < 1.29 is 14.4 Å². The number of amides is 2. The molecule has 0 radical (unpaired) electrons. The lowest BCUT2D eigenvalue weighted by molar-refractivity contribution is -0.128. The minimum atomic E-state index is -0.150. The summed E-state index contributed by atoms with van der Waals surface area (Å²) < 4.78 is 0. The Morgan fingerprint density at radius 1 is 0.929 bits per heavy atom. The average molecular weight is 562 g/mol. The quantitative estimate of drug-likeness (QED) is 0.225. The van der Waals surface area contributed by atoms with Crippen LogP contribution in [-0.4, -0.2) is 56.4 Å². The van der Waals surface area contributed by atoms with Crippen LogP contribution in [0.4, 0.5) is 5.69 Å². The number of rotatable bonds is 9. The Bertz CT molecular complexity index is 1580. The van der Waals surface area contributed by atoms with Crippen LogP contribution in [-0.2, 0) is 11.2 Å². The Labute approximate surface area is 246 Å². The highest BCUT2D eigenvalue weighted by Gasteiger charge is 2.29. The first-order valence-electron chi connectivity index (χ1n) is 14.1. The molecule has 0 saturated carbocycles. The molecule has 8 nitrogen and oxygen atoms in total. The molecule has 3 aromatic carbocycles. The van der Waals surface area contributed by atoms with Crippen molar-refractivity contribution in [2.45, 2.75) is 25.7 Å². The van der Waals surface area contributed by atoms with Gasteiger partial charge in [-0.2, -0.15) is 5.10 Å². The van der Waals surface area contributed by atoms with Gasteiger partial charge >= 0.3 is 0 Å². The predicted molar refractivity (Wildman–Crippen MR) is 166 cm³/mol. The molecule has 214 valence electrons. The van der Waals surface area contributed by atoms with Crippen LogP contribution < -0.4 is 15.6 Å². The normalized spacial score (nSPS) is 14.7. The van der Waals surface area contributed by atoms with Crippen molar-refractivity contribution in [1.82, 2.24) is 15.6 Å². The molecule has 1 heterocycles. The summed E-state index contributed by atoms with van der Waals surface area (Å²) in [5, 5.41) is 7.47. The van der Waals surface area contributed by atoms with Crippen molar-refractivity contribution in [2.75, 3.05) is 32.6 Å². The SMILES string of the molecule is CN/N=C(/c1ccc(CC(=O)N2CCC3=C2C=C(NC(=O)c2ccc(N(C)C)cc2)CC3)cc1)c1ccccc1C=O. The zero-order chi connectivity index (χ0) is 29.6. The third-order valence-corrected chi connectivity index (χ3v) is 7.67. The minimum Gasteiger partial charge on any atom is -0.378 e. The third-order valence-electron chi connectivity index (χ3n) is 7.67. The third kappa shape index (κ3) is 6.17. The summed E-state index contributed by atoms with van der Waals surface area (Å²) in [6.07, 6.45) is 5.47. The molecule has 3 aromatic rings. The van der Waals surface area contributed by atoms with Crippen LogP contribution in [0.5, 0.6) is 0 Å². The molecule has 42 heavy (non-hydrogen) atoms.